The number of ether oxygens (including phenoxy) is 1. The van der Waals surface area contributed by atoms with Gasteiger partial charge in [0, 0.05) is 19.6 Å². The van der Waals surface area contributed by atoms with Gasteiger partial charge in [0.25, 0.3) is 5.91 Å². The van der Waals surface area contributed by atoms with E-state index >= 15 is 0 Å². The maximum absolute atomic E-state index is 14.0. The van der Waals surface area contributed by atoms with Crippen molar-refractivity contribution in [2.75, 3.05) is 31.5 Å². The lowest BCUT2D eigenvalue weighted by Crippen LogP contribution is -2.31. The number of benzene rings is 1. The molecular formula is C20H23ClF3N5O5S. The lowest BCUT2D eigenvalue weighted by Gasteiger charge is -2.14. The van der Waals surface area contributed by atoms with Crippen molar-refractivity contribution in [2.45, 2.75) is 31.7 Å². The number of hydrogen-bond donors (Lipinski definition) is 5. The number of halogens is 4. The van der Waals surface area contributed by atoms with E-state index in [9.17, 15) is 33.0 Å². The summed E-state index contributed by atoms with van der Waals surface area (Å²) in [6, 6.07) is -0.0595. The summed E-state index contributed by atoms with van der Waals surface area (Å²) in [6.45, 7) is 0.934. The Morgan fingerprint density at radius 2 is 1.91 bits per heavy atom. The van der Waals surface area contributed by atoms with Gasteiger partial charge < -0.3 is 26.0 Å². The molecule has 6 N–H and O–H groups in total. The first-order chi connectivity index (χ1) is 16.6. The van der Waals surface area contributed by atoms with Gasteiger partial charge in [-0.05, 0) is 37.0 Å². The van der Waals surface area contributed by atoms with Crippen LogP contribution in [0.5, 0.6) is 5.88 Å². The Morgan fingerprint density at radius 3 is 2.57 bits per heavy atom. The molecule has 2 aromatic rings. The van der Waals surface area contributed by atoms with Gasteiger partial charge >= 0.3 is 6.03 Å². The minimum atomic E-state index is -1.54. The maximum atomic E-state index is 14.0. The van der Waals surface area contributed by atoms with Crippen LogP contribution >= 0.6 is 23.1 Å². The molecule has 0 bridgehead atoms. The summed E-state index contributed by atoms with van der Waals surface area (Å²) in [5.74, 6) is -5.54. The first-order valence-corrected chi connectivity index (χ1v) is 11.6. The molecule has 2 unspecified atom stereocenters. The third kappa shape index (κ3) is 6.73. The summed E-state index contributed by atoms with van der Waals surface area (Å²) in [4.78, 5) is 26.0. The lowest BCUT2D eigenvalue weighted by molar-refractivity contribution is 0.0572. The molecule has 10 nitrogen and oxygen atoms in total. The predicted octanol–water partition coefficient (Wildman–Crippen LogP) is 1.83. The molecule has 0 spiro atoms. The number of hydrogen-bond acceptors (Lipinski definition) is 8. The van der Waals surface area contributed by atoms with Gasteiger partial charge in [0.1, 0.15) is 23.0 Å². The topological polar surface area (TPSA) is 150 Å². The Kier molecular flexibility index (Phi) is 9.13. The molecule has 1 aliphatic rings. The number of nitrogens with two attached hydrogens (primary N) is 1. The molecule has 35 heavy (non-hydrogen) atoms. The van der Waals surface area contributed by atoms with E-state index in [2.05, 4.69) is 15.0 Å². The van der Waals surface area contributed by atoms with Crippen LogP contribution in [0.25, 0.3) is 0 Å². The van der Waals surface area contributed by atoms with E-state index in [1.54, 1.807) is 0 Å². The molecule has 1 saturated heterocycles. The number of unbranched alkanes of at least 4 members (excludes halogenated alkanes) is 1. The normalized spacial score (nSPS) is 18.0. The zero-order chi connectivity index (χ0) is 25.7. The highest BCUT2D eigenvalue weighted by molar-refractivity contribution is 7.11. The number of likely N-dealkylation sites (tertiary alicyclic amines) is 1. The van der Waals surface area contributed by atoms with Gasteiger partial charge in [0.2, 0.25) is 5.88 Å². The molecule has 2 atom stereocenters. The first-order valence-electron chi connectivity index (χ1n) is 10.5. The number of rotatable bonds is 10. The molecule has 1 aromatic carbocycles. The SMILES string of the molecule is NC(=O)c1c(OCc2c(F)cc(Cl)c(F)c2F)nsc1NC(=O)NCCCCN1CC(O)C(O)C1. The largest absolute Gasteiger partial charge is 0.471 e. The molecule has 1 aliphatic heterocycles. The smallest absolute Gasteiger partial charge is 0.319 e. The quantitative estimate of drug-likeness (QED) is 0.176. The van der Waals surface area contributed by atoms with Gasteiger partial charge in [-0.3, -0.25) is 15.0 Å². The number of nitrogens with zero attached hydrogens (tertiary/aromatic N) is 2. The second-order valence-corrected chi connectivity index (χ2v) is 8.95. The highest BCUT2D eigenvalue weighted by Gasteiger charge is 2.29. The Labute approximate surface area is 207 Å². The molecular weight excluding hydrogens is 515 g/mol. The summed E-state index contributed by atoms with van der Waals surface area (Å²) in [5, 5.41) is 23.3. The Hall–Kier alpha value is -2.65. The number of aliphatic hydroxyl groups excluding tert-OH is 2. The van der Waals surface area contributed by atoms with E-state index in [0.29, 0.717) is 56.6 Å². The maximum Gasteiger partial charge on any atom is 0.319 e. The molecule has 2 heterocycles. The average molecular weight is 538 g/mol. The van der Waals surface area contributed by atoms with Gasteiger partial charge in [-0.25, -0.2) is 18.0 Å². The van der Waals surface area contributed by atoms with E-state index in [-0.39, 0.29) is 16.4 Å². The summed E-state index contributed by atoms with van der Waals surface area (Å²) >= 11 is 6.04. The van der Waals surface area contributed by atoms with Gasteiger partial charge in [-0.1, -0.05) is 11.6 Å². The minimum absolute atomic E-state index is 0.0479. The van der Waals surface area contributed by atoms with Crippen molar-refractivity contribution in [3.8, 4) is 5.88 Å². The first kappa shape index (κ1) is 26.9. The van der Waals surface area contributed by atoms with E-state index < -0.39 is 58.8 Å². The average Bonchev–Trinajstić information content (AvgIpc) is 3.33. The summed E-state index contributed by atoms with van der Waals surface area (Å²) in [5.41, 5.74) is 4.26. The number of anilines is 1. The minimum Gasteiger partial charge on any atom is -0.471 e. The van der Waals surface area contributed by atoms with E-state index in [0.717, 1.165) is 0 Å². The number of amides is 3. The van der Waals surface area contributed by atoms with Crippen molar-refractivity contribution in [2.24, 2.45) is 5.73 Å². The third-order valence-electron chi connectivity index (χ3n) is 5.22. The number of urea groups is 1. The van der Waals surface area contributed by atoms with Crippen LogP contribution in [0.15, 0.2) is 6.07 Å². The molecule has 0 radical (unpaired) electrons. The second kappa shape index (κ2) is 11.9. The van der Waals surface area contributed by atoms with Gasteiger partial charge in [-0.15, -0.1) is 0 Å². The van der Waals surface area contributed by atoms with Crippen LogP contribution < -0.4 is 21.1 Å². The van der Waals surface area contributed by atoms with Crippen molar-refractivity contribution >= 4 is 40.1 Å². The lowest BCUT2D eigenvalue weighted by atomic mass is 10.2. The molecule has 0 saturated carbocycles. The van der Waals surface area contributed by atoms with Crippen LogP contribution in [0.3, 0.4) is 0 Å². The number of β-amino-alcohol motifs (C(OH)–C–C–N with tert-alkyl or cyclic N) is 2. The molecule has 3 amide bonds. The summed E-state index contributed by atoms with van der Waals surface area (Å²) in [6.07, 6.45) is -0.178. The number of aromatic nitrogens is 1. The van der Waals surface area contributed by atoms with Gasteiger partial charge in [0.05, 0.1) is 22.8 Å². The summed E-state index contributed by atoms with van der Waals surface area (Å²) in [7, 11) is 0. The van der Waals surface area contributed by atoms with E-state index in [1.807, 2.05) is 4.90 Å². The number of carbonyl (C=O) groups excluding carboxylic acids is 2. The Bertz CT molecular complexity index is 1080. The van der Waals surface area contributed by atoms with Crippen LogP contribution in [0, 0.1) is 17.5 Å². The zero-order valence-electron chi connectivity index (χ0n) is 18.2. The Morgan fingerprint density at radius 1 is 1.23 bits per heavy atom. The van der Waals surface area contributed by atoms with E-state index in [4.69, 9.17) is 22.1 Å². The number of carbonyl (C=O) groups is 2. The van der Waals surface area contributed by atoms with Crippen molar-refractivity contribution in [3.63, 3.8) is 0 Å². The highest BCUT2D eigenvalue weighted by Crippen LogP contribution is 2.32. The highest BCUT2D eigenvalue weighted by atomic mass is 35.5. The van der Waals surface area contributed by atoms with Crippen LogP contribution in [-0.4, -0.2) is 69.8 Å². The second-order valence-electron chi connectivity index (χ2n) is 7.77. The van der Waals surface area contributed by atoms with Gasteiger partial charge in [0.15, 0.2) is 11.6 Å². The summed E-state index contributed by atoms with van der Waals surface area (Å²) < 4.78 is 50.6. The van der Waals surface area contributed by atoms with Gasteiger partial charge in [-0.2, -0.15) is 4.37 Å². The van der Waals surface area contributed by atoms with Crippen molar-refractivity contribution < 1.29 is 37.7 Å². The monoisotopic (exact) mass is 537 g/mol. The van der Waals surface area contributed by atoms with Crippen molar-refractivity contribution in [1.29, 1.82) is 0 Å². The molecule has 1 aromatic heterocycles. The fraction of sp³-hybridized carbons (Fsp3) is 0.450. The van der Waals surface area contributed by atoms with Crippen molar-refractivity contribution in [1.82, 2.24) is 14.6 Å². The van der Waals surface area contributed by atoms with Crippen LogP contribution in [0.2, 0.25) is 5.02 Å². The van der Waals surface area contributed by atoms with Crippen molar-refractivity contribution in [3.05, 3.63) is 39.7 Å². The zero-order valence-corrected chi connectivity index (χ0v) is 19.8. The number of aliphatic hydroxyl groups is 2. The molecule has 0 aliphatic carbocycles. The standard InChI is InChI=1S/C20H23ClF3N5O5S/c21-10-5-11(22)9(15(23)16(10)24)8-34-18-14(17(25)32)19(35-28-18)27-20(33)26-3-1-2-4-29-6-12(30)13(31)7-29/h5,12-13,30-31H,1-4,6-8H2,(H2,25,32)(H2,26,27,33). The fourth-order valence-corrected chi connectivity index (χ4v) is 4.31. The predicted molar refractivity (Wildman–Crippen MR) is 121 cm³/mol. The fourth-order valence-electron chi connectivity index (χ4n) is 3.39. The van der Waals surface area contributed by atoms with Crippen LogP contribution in [-0.2, 0) is 6.61 Å². The number of primary amides is 1. The third-order valence-corrected chi connectivity index (χ3v) is 6.24. The van der Waals surface area contributed by atoms with Crippen LogP contribution in [0.1, 0.15) is 28.8 Å². The molecule has 192 valence electrons. The van der Waals surface area contributed by atoms with Crippen LogP contribution in [0.4, 0.5) is 23.0 Å². The number of nitrogens with one attached hydrogen (secondary N) is 2. The molecule has 1 fully saturated rings. The molecule has 3 rings (SSSR count). The van der Waals surface area contributed by atoms with E-state index in [1.165, 1.54) is 0 Å². The molecule has 15 heteroatoms. The Balaban J connectivity index is 1.51.